The Bertz CT molecular complexity index is 1460. The molecule has 0 bridgehead atoms. The van der Waals surface area contributed by atoms with Crippen LogP contribution in [0.4, 0.5) is 8.78 Å². The van der Waals surface area contributed by atoms with Gasteiger partial charge in [-0.25, -0.2) is 8.78 Å². The first-order valence-corrected chi connectivity index (χ1v) is 9.60. The molecule has 5 rings (SSSR count). The summed E-state index contributed by atoms with van der Waals surface area (Å²) < 4.78 is 39.0. The lowest BCUT2D eigenvalue weighted by atomic mass is 9.84. The molecule has 32 heavy (non-hydrogen) atoms. The zero-order chi connectivity index (χ0) is 22.6. The summed E-state index contributed by atoms with van der Waals surface area (Å²) in [7, 11) is 0. The van der Waals surface area contributed by atoms with Crippen LogP contribution < -0.4 is 10.2 Å². The minimum Gasteiger partial charge on any atom is -0.508 e. The van der Waals surface area contributed by atoms with Crippen molar-refractivity contribution in [2.45, 2.75) is 12.3 Å². The third-order valence-corrected chi connectivity index (χ3v) is 5.49. The monoisotopic (exact) mass is 436 g/mol. The average molecular weight is 436 g/mol. The van der Waals surface area contributed by atoms with E-state index in [4.69, 9.17) is 9.15 Å². The van der Waals surface area contributed by atoms with Crippen molar-refractivity contribution in [1.29, 1.82) is 0 Å². The minimum atomic E-state index is -0.919. The van der Waals surface area contributed by atoms with E-state index in [1.54, 1.807) is 0 Å². The van der Waals surface area contributed by atoms with E-state index in [9.17, 15) is 28.6 Å². The number of phenols is 2. The minimum absolute atomic E-state index is 0.0156. The van der Waals surface area contributed by atoms with Crippen LogP contribution in [0.15, 0.2) is 64.0 Å². The summed E-state index contributed by atoms with van der Waals surface area (Å²) >= 11 is 0. The molecule has 1 aliphatic rings. The van der Waals surface area contributed by atoms with Gasteiger partial charge in [-0.2, -0.15) is 0 Å². The number of fused-ring (bicyclic) bond motifs is 3. The number of rotatable bonds is 2. The van der Waals surface area contributed by atoms with Gasteiger partial charge in [0.15, 0.2) is 0 Å². The standard InChI is InChI=1S/C24H14F2O6/c25-12-3-6-14(17(26)7-12)15-8-20(29)32-19-9-18(28)22-23(30)16(10-31-24(22)21(15)19)11-1-4-13(27)5-2-11/h1-7,9-10,15,27-28H,8H2/t15-/m0/s1. The summed E-state index contributed by atoms with van der Waals surface area (Å²) in [4.78, 5) is 25.4. The molecule has 3 aromatic carbocycles. The molecule has 0 radical (unpaired) electrons. The smallest absolute Gasteiger partial charge is 0.312 e. The number of carbonyl (C=O) groups is 1. The van der Waals surface area contributed by atoms with Gasteiger partial charge in [-0.15, -0.1) is 0 Å². The van der Waals surface area contributed by atoms with Crippen molar-refractivity contribution in [1.82, 2.24) is 0 Å². The molecule has 2 N–H and O–H groups in total. The first-order chi connectivity index (χ1) is 15.3. The third kappa shape index (κ3) is 3.08. The molecule has 0 amide bonds. The summed E-state index contributed by atoms with van der Waals surface area (Å²) in [6, 6.07) is 9.94. The fourth-order valence-electron chi connectivity index (χ4n) is 4.02. The molecule has 0 saturated carbocycles. The van der Waals surface area contributed by atoms with Gasteiger partial charge >= 0.3 is 5.97 Å². The summed E-state index contributed by atoms with van der Waals surface area (Å²) in [6.07, 6.45) is 0.921. The number of hydrogen-bond acceptors (Lipinski definition) is 6. The average Bonchev–Trinajstić information content (AvgIpc) is 2.74. The van der Waals surface area contributed by atoms with E-state index in [1.807, 2.05) is 0 Å². The summed E-state index contributed by atoms with van der Waals surface area (Å²) in [6.45, 7) is 0. The SMILES string of the molecule is O=C1C[C@@H](c2ccc(F)cc2F)c2c(cc(O)c3c(=O)c(-c4ccc(O)cc4)coc23)O1. The van der Waals surface area contributed by atoms with Crippen LogP contribution in [0.5, 0.6) is 17.2 Å². The van der Waals surface area contributed by atoms with Gasteiger partial charge in [0, 0.05) is 23.6 Å². The molecule has 0 fully saturated rings. The highest BCUT2D eigenvalue weighted by molar-refractivity contribution is 5.94. The molecule has 1 aromatic heterocycles. The van der Waals surface area contributed by atoms with E-state index in [0.29, 0.717) is 11.6 Å². The Hall–Kier alpha value is -4.20. The van der Waals surface area contributed by atoms with Crippen molar-refractivity contribution >= 4 is 16.9 Å². The molecule has 0 saturated heterocycles. The number of halogens is 2. The van der Waals surface area contributed by atoms with Crippen molar-refractivity contribution < 1.29 is 32.9 Å². The Morgan fingerprint density at radius 3 is 2.44 bits per heavy atom. The lowest BCUT2D eigenvalue weighted by Gasteiger charge is -2.26. The summed E-state index contributed by atoms with van der Waals surface area (Å²) in [5.41, 5.74) is 0.188. The van der Waals surface area contributed by atoms with Gasteiger partial charge in [0.05, 0.1) is 12.0 Å². The van der Waals surface area contributed by atoms with Crippen LogP contribution in [0.1, 0.15) is 23.5 Å². The molecule has 1 atom stereocenters. The maximum Gasteiger partial charge on any atom is 0.312 e. The first kappa shape index (κ1) is 19.7. The van der Waals surface area contributed by atoms with Crippen molar-refractivity contribution in [3.63, 3.8) is 0 Å². The number of ether oxygens (including phenoxy) is 1. The fourth-order valence-corrected chi connectivity index (χ4v) is 4.02. The molecule has 0 aliphatic carbocycles. The van der Waals surface area contributed by atoms with E-state index in [2.05, 4.69) is 0 Å². The Balaban J connectivity index is 1.78. The van der Waals surface area contributed by atoms with Crippen LogP contribution in [-0.4, -0.2) is 16.2 Å². The van der Waals surface area contributed by atoms with Crippen molar-refractivity contribution in [3.8, 4) is 28.4 Å². The van der Waals surface area contributed by atoms with E-state index >= 15 is 0 Å². The molecule has 160 valence electrons. The molecule has 0 unspecified atom stereocenters. The molecule has 4 aromatic rings. The largest absolute Gasteiger partial charge is 0.508 e. The zero-order valence-electron chi connectivity index (χ0n) is 16.3. The topological polar surface area (TPSA) is 97.0 Å². The third-order valence-electron chi connectivity index (χ3n) is 5.49. The van der Waals surface area contributed by atoms with E-state index < -0.39 is 34.7 Å². The van der Waals surface area contributed by atoms with Crippen LogP contribution in [-0.2, 0) is 4.79 Å². The maximum absolute atomic E-state index is 14.6. The highest BCUT2D eigenvalue weighted by Gasteiger charge is 2.35. The number of benzene rings is 3. The number of esters is 1. The van der Waals surface area contributed by atoms with Crippen LogP contribution >= 0.6 is 0 Å². The fraction of sp³-hybridized carbons (Fsp3) is 0.0833. The zero-order valence-corrected chi connectivity index (χ0v) is 16.3. The molecule has 0 spiro atoms. The van der Waals surface area contributed by atoms with Gasteiger partial charge in [-0.3, -0.25) is 9.59 Å². The predicted octanol–water partition coefficient (Wildman–Crippen LogP) is 4.59. The van der Waals surface area contributed by atoms with Gasteiger partial charge in [0.25, 0.3) is 0 Å². The highest BCUT2D eigenvalue weighted by Crippen LogP contribution is 2.46. The lowest BCUT2D eigenvalue weighted by Crippen LogP contribution is -2.22. The van der Waals surface area contributed by atoms with E-state index in [-0.39, 0.29) is 45.6 Å². The molecule has 1 aliphatic heterocycles. The molecule has 6 nitrogen and oxygen atoms in total. The summed E-state index contributed by atoms with van der Waals surface area (Å²) in [5.74, 6) is -3.75. The van der Waals surface area contributed by atoms with E-state index in [1.165, 1.54) is 36.6 Å². The van der Waals surface area contributed by atoms with Crippen molar-refractivity contribution in [2.24, 2.45) is 0 Å². The quantitative estimate of drug-likeness (QED) is 0.352. The van der Waals surface area contributed by atoms with Crippen LogP contribution in [0.2, 0.25) is 0 Å². The second-order valence-electron chi connectivity index (χ2n) is 7.43. The predicted molar refractivity (Wildman–Crippen MR) is 110 cm³/mol. The van der Waals surface area contributed by atoms with Crippen LogP contribution in [0.3, 0.4) is 0 Å². The normalized spacial score (nSPS) is 15.4. The van der Waals surface area contributed by atoms with Gasteiger partial charge in [-0.05, 0) is 29.3 Å². The molecular formula is C24H14F2O6. The Labute approximate surface area is 178 Å². The van der Waals surface area contributed by atoms with Gasteiger partial charge < -0.3 is 19.4 Å². The Kier molecular flexibility index (Phi) is 4.44. The first-order valence-electron chi connectivity index (χ1n) is 9.60. The molecule has 8 heteroatoms. The van der Waals surface area contributed by atoms with Gasteiger partial charge in [0.1, 0.15) is 46.1 Å². The van der Waals surface area contributed by atoms with Crippen molar-refractivity contribution in [2.75, 3.05) is 0 Å². The second kappa shape index (κ2) is 7.19. The van der Waals surface area contributed by atoms with Gasteiger partial charge in [-0.1, -0.05) is 18.2 Å². The summed E-state index contributed by atoms with van der Waals surface area (Å²) in [5, 5.41) is 19.9. The maximum atomic E-state index is 14.6. The van der Waals surface area contributed by atoms with Crippen LogP contribution in [0.25, 0.3) is 22.1 Å². The number of hydrogen-bond donors (Lipinski definition) is 2. The Morgan fingerprint density at radius 1 is 0.969 bits per heavy atom. The van der Waals surface area contributed by atoms with E-state index in [0.717, 1.165) is 12.1 Å². The number of phenolic OH excluding ortho intramolecular Hbond substituents is 2. The number of aromatic hydroxyl groups is 2. The molecule has 2 heterocycles. The number of carbonyl (C=O) groups excluding carboxylic acids is 1. The Morgan fingerprint density at radius 2 is 1.72 bits per heavy atom. The van der Waals surface area contributed by atoms with Crippen LogP contribution in [0, 0.1) is 11.6 Å². The molecular weight excluding hydrogens is 422 g/mol. The second-order valence-corrected chi connectivity index (χ2v) is 7.43. The van der Waals surface area contributed by atoms with Crippen molar-refractivity contribution in [3.05, 3.63) is 87.8 Å². The lowest BCUT2D eigenvalue weighted by molar-refractivity contribution is -0.135. The van der Waals surface area contributed by atoms with Gasteiger partial charge in [0.2, 0.25) is 5.43 Å². The highest BCUT2D eigenvalue weighted by atomic mass is 19.1.